The summed E-state index contributed by atoms with van der Waals surface area (Å²) in [5.74, 6) is 1.50. The van der Waals surface area contributed by atoms with Crippen molar-refractivity contribution in [1.82, 2.24) is 29.4 Å². The quantitative estimate of drug-likeness (QED) is 0.312. The van der Waals surface area contributed by atoms with Gasteiger partial charge in [-0.3, -0.25) is 5.10 Å². The number of halogens is 2. The zero-order chi connectivity index (χ0) is 27.7. The van der Waals surface area contributed by atoms with Crippen molar-refractivity contribution in [1.29, 1.82) is 0 Å². The number of aryl methyl sites for hydroxylation is 2. The Morgan fingerprint density at radius 1 is 1.05 bits per heavy atom. The van der Waals surface area contributed by atoms with E-state index in [4.69, 9.17) is 0 Å². The molecule has 0 amide bonds. The van der Waals surface area contributed by atoms with Crippen LogP contribution in [0.1, 0.15) is 48.4 Å². The second-order valence-corrected chi connectivity index (χ2v) is 13.6. The highest BCUT2D eigenvalue weighted by atomic mass is 127. The van der Waals surface area contributed by atoms with Crippen LogP contribution in [0.25, 0.3) is 0 Å². The van der Waals surface area contributed by atoms with Crippen LogP contribution in [0.4, 0.5) is 27.7 Å². The van der Waals surface area contributed by atoms with Crippen LogP contribution in [0.5, 0.6) is 0 Å². The van der Waals surface area contributed by atoms with Gasteiger partial charge in [-0.1, -0.05) is 0 Å². The maximum atomic E-state index is 15.3. The second-order valence-electron chi connectivity index (χ2n) is 10.5. The van der Waals surface area contributed by atoms with Crippen LogP contribution in [0, 0.1) is 23.2 Å². The number of benzene rings is 1. The van der Waals surface area contributed by atoms with Gasteiger partial charge in [0.1, 0.15) is 5.82 Å². The Morgan fingerprint density at radius 2 is 1.77 bits per heavy atom. The lowest BCUT2D eigenvalue weighted by molar-refractivity contribution is 0.110. The molecular weight excluding hydrogens is 634 g/mol. The highest BCUT2D eigenvalue weighted by Crippen LogP contribution is 2.35. The van der Waals surface area contributed by atoms with E-state index in [-0.39, 0.29) is 5.82 Å². The van der Waals surface area contributed by atoms with Crippen LogP contribution in [0.15, 0.2) is 24.4 Å². The molecule has 2 saturated heterocycles. The summed E-state index contributed by atoms with van der Waals surface area (Å²) in [6.45, 7) is 7.00. The molecule has 10 nitrogen and oxygen atoms in total. The van der Waals surface area contributed by atoms with Gasteiger partial charge in [-0.25, -0.2) is 22.1 Å². The molecule has 0 atom stereocenters. The summed E-state index contributed by atoms with van der Waals surface area (Å²) in [5.41, 5.74) is 3.35. The smallest absolute Gasteiger partial charge is 0.229 e. The van der Waals surface area contributed by atoms with Gasteiger partial charge in [0, 0.05) is 37.1 Å². The number of aromatic amines is 1. The number of nitrogens with zero attached hydrogens (tertiary/aromatic N) is 5. The van der Waals surface area contributed by atoms with Crippen LogP contribution in [0.3, 0.4) is 0 Å². The van der Waals surface area contributed by atoms with E-state index in [9.17, 15) is 8.42 Å². The summed E-state index contributed by atoms with van der Waals surface area (Å²) in [6, 6.07) is 5.78. The molecule has 4 heterocycles. The SMILES string of the molecule is Cc1cc(Nc2nc(Nc3cc(C)c(C4CCN(C5CCN(S(C)(=O)=O)CC5)CC4)cc3F)ncc2I)n[nH]1. The van der Waals surface area contributed by atoms with Gasteiger partial charge in [-0.2, -0.15) is 10.1 Å². The first-order chi connectivity index (χ1) is 18.6. The first-order valence-electron chi connectivity index (χ1n) is 13.1. The van der Waals surface area contributed by atoms with E-state index in [1.807, 2.05) is 26.0 Å². The highest BCUT2D eigenvalue weighted by Gasteiger charge is 2.31. The maximum absolute atomic E-state index is 15.3. The van der Waals surface area contributed by atoms with Gasteiger partial charge in [0.25, 0.3) is 0 Å². The third-order valence-electron chi connectivity index (χ3n) is 7.68. The predicted molar refractivity (Wildman–Crippen MR) is 159 cm³/mol. The minimum Gasteiger partial charge on any atom is -0.322 e. The largest absolute Gasteiger partial charge is 0.322 e. The molecule has 2 aromatic heterocycles. The van der Waals surface area contributed by atoms with Crippen molar-refractivity contribution in [2.75, 3.05) is 43.1 Å². The monoisotopic (exact) mass is 668 g/mol. The van der Waals surface area contributed by atoms with Gasteiger partial charge < -0.3 is 15.5 Å². The van der Waals surface area contributed by atoms with Crippen LogP contribution in [-0.4, -0.2) is 76.3 Å². The van der Waals surface area contributed by atoms with E-state index in [0.717, 1.165) is 59.2 Å². The minimum absolute atomic E-state index is 0.295. The number of anilines is 4. The summed E-state index contributed by atoms with van der Waals surface area (Å²) in [7, 11) is -3.11. The minimum atomic E-state index is -3.11. The molecule has 210 valence electrons. The summed E-state index contributed by atoms with van der Waals surface area (Å²) in [5, 5.41) is 13.3. The molecule has 5 rings (SSSR count). The van der Waals surface area contributed by atoms with Gasteiger partial charge in [0.05, 0.1) is 15.5 Å². The lowest BCUT2D eigenvalue weighted by Gasteiger charge is -2.41. The Bertz CT molecular complexity index is 1430. The fraction of sp³-hybridized carbons (Fsp3) is 0.500. The lowest BCUT2D eigenvalue weighted by atomic mass is 9.85. The first kappa shape index (κ1) is 28.2. The highest BCUT2D eigenvalue weighted by molar-refractivity contribution is 14.1. The molecule has 0 unspecified atom stereocenters. The number of hydrogen-bond donors (Lipinski definition) is 3. The van der Waals surface area contributed by atoms with Crippen molar-refractivity contribution in [3.05, 3.63) is 50.6 Å². The second kappa shape index (κ2) is 11.6. The lowest BCUT2D eigenvalue weighted by Crippen LogP contribution is -2.48. The van der Waals surface area contributed by atoms with Crippen molar-refractivity contribution >= 4 is 55.9 Å². The molecule has 0 bridgehead atoms. The fourth-order valence-electron chi connectivity index (χ4n) is 5.59. The molecule has 1 aromatic carbocycles. The van der Waals surface area contributed by atoms with Crippen LogP contribution in [0.2, 0.25) is 0 Å². The van der Waals surface area contributed by atoms with Crippen molar-refractivity contribution < 1.29 is 12.8 Å². The van der Waals surface area contributed by atoms with Crippen molar-refractivity contribution in [2.24, 2.45) is 0 Å². The van der Waals surface area contributed by atoms with Gasteiger partial charge in [-0.05, 0) is 104 Å². The molecule has 2 aliphatic rings. The van der Waals surface area contributed by atoms with E-state index >= 15 is 4.39 Å². The number of aromatic nitrogens is 4. The van der Waals surface area contributed by atoms with E-state index in [1.165, 1.54) is 6.26 Å². The first-order valence-corrected chi connectivity index (χ1v) is 16.1. The zero-order valence-corrected chi connectivity index (χ0v) is 25.3. The Hall–Kier alpha value is -2.36. The van der Waals surface area contributed by atoms with Crippen molar-refractivity contribution in [2.45, 2.75) is 51.5 Å². The number of nitrogens with one attached hydrogen (secondary N) is 3. The molecule has 0 spiro atoms. The number of likely N-dealkylation sites (tertiary alicyclic amines) is 1. The molecule has 0 aliphatic carbocycles. The average Bonchev–Trinajstić information content (AvgIpc) is 3.32. The van der Waals surface area contributed by atoms with E-state index < -0.39 is 10.0 Å². The summed E-state index contributed by atoms with van der Waals surface area (Å²) >= 11 is 2.14. The van der Waals surface area contributed by atoms with Crippen molar-refractivity contribution in [3.8, 4) is 0 Å². The van der Waals surface area contributed by atoms with Crippen LogP contribution >= 0.6 is 22.6 Å². The number of hydrogen-bond acceptors (Lipinski definition) is 8. The summed E-state index contributed by atoms with van der Waals surface area (Å²) < 4.78 is 41.3. The molecule has 39 heavy (non-hydrogen) atoms. The molecule has 3 N–H and O–H groups in total. The van der Waals surface area contributed by atoms with E-state index in [2.05, 4.69) is 58.3 Å². The molecule has 0 saturated carbocycles. The number of piperidine rings is 2. The molecular formula is C26H34FIN8O2S. The van der Waals surface area contributed by atoms with Gasteiger partial charge in [0.15, 0.2) is 11.6 Å². The van der Waals surface area contributed by atoms with Crippen LogP contribution in [-0.2, 0) is 10.0 Å². The van der Waals surface area contributed by atoms with Gasteiger partial charge >= 0.3 is 0 Å². The Morgan fingerprint density at radius 3 is 2.41 bits per heavy atom. The molecule has 0 radical (unpaired) electrons. The van der Waals surface area contributed by atoms with E-state index in [0.29, 0.717) is 48.3 Å². The predicted octanol–water partition coefficient (Wildman–Crippen LogP) is 4.65. The molecule has 3 aromatic rings. The third-order valence-corrected chi connectivity index (χ3v) is 9.77. The fourth-order valence-corrected chi connectivity index (χ4v) is 6.85. The molecule has 13 heteroatoms. The molecule has 2 aliphatic heterocycles. The average molecular weight is 669 g/mol. The zero-order valence-electron chi connectivity index (χ0n) is 22.3. The third kappa shape index (κ3) is 6.69. The molecule has 2 fully saturated rings. The number of H-pyrrole nitrogens is 1. The summed E-state index contributed by atoms with van der Waals surface area (Å²) in [6.07, 6.45) is 6.61. The van der Waals surface area contributed by atoms with Gasteiger partial charge in [-0.15, -0.1) is 0 Å². The Labute approximate surface area is 242 Å². The number of sulfonamides is 1. The topological polar surface area (TPSA) is 119 Å². The maximum Gasteiger partial charge on any atom is 0.229 e. The summed E-state index contributed by atoms with van der Waals surface area (Å²) in [4.78, 5) is 11.3. The Balaban J connectivity index is 1.21. The number of rotatable bonds is 7. The van der Waals surface area contributed by atoms with Gasteiger partial charge in [0.2, 0.25) is 16.0 Å². The standard InChI is InChI=1S/C26H34FIN8O2S/c1-16-12-23(30-26-29-15-22(28)25(32-26)31-24-13-17(2)33-34-24)21(27)14-20(16)18-4-8-35(9-5-18)19-6-10-36(11-7-19)39(3,37)38/h12-15,18-19H,4-11H2,1-3H3,(H3,29,30,31,32,33,34). The normalized spacial score (nSPS) is 18.4. The Kier molecular flexibility index (Phi) is 8.40. The van der Waals surface area contributed by atoms with Crippen molar-refractivity contribution in [3.63, 3.8) is 0 Å². The van der Waals surface area contributed by atoms with E-state index in [1.54, 1.807) is 16.6 Å². The van der Waals surface area contributed by atoms with Crippen LogP contribution < -0.4 is 10.6 Å².